The molecular formula is C21H22Cl2N2O5. The SMILES string of the molecule is CCc1ccccc1NC(=O)COC(=O)CN1C(=O)[C@@H]2[C@H]3C[C@@H]([C@H](Cl)[C@H]3Cl)[C@H]2C1=O. The van der Waals surface area contributed by atoms with Gasteiger partial charge in [-0.25, -0.2) is 0 Å². The van der Waals surface area contributed by atoms with Gasteiger partial charge in [0, 0.05) is 5.69 Å². The Morgan fingerprint density at radius 3 is 2.30 bits per heavy atom. The molecule has 9 heteroatoms. The zero-order valence-electron chi connectivity index (χ0n) is 16.3. The molecule has 30 heavy (non-hydrogen) atoms. The van der Waals surface area contributed by atoms with E-state index in [0.717, 1.165) is 16.9 Å². The molecule has 2 bridgehead atoms. The summed E-state index contributed by atoms with van der Waals surface area (Å²) in [6, 6.07) is 7.33. The number of nitrogens with one attached hydrogen (secondary N) is 1. The number of imide groups is 1. The van der Waals surface area contributed by atoms with Gasteiger partial charge in [-0.3, -0.25) is 24.1 Å². The molecular weight excluding hydrogens is 431 g/mol. The highest BCUT2D eigenvalue weighted by molar-refractivity contribution is 6.31. The van der Waals surface area contributed by atoms with Crippen molar-refractivity contribution in [3.05, 3.63) is 29.8 Å². The van der Waals surface area contributed by atoms with Crippen LogP contribution in [0.15, 0.2) is 24.3 Å². The molecule has 3 aliphatic rings. The van der Waals surface area contributed by atoms with E-state index in [0.29, 0.717) is 12.1 Å². The standard InChI is InChI=1S/C21H22Cl2N2O5/c1-2-10-5-3-4-6-13(10)24-14(26)9-30-15(27)8-25-20(28)16-11-7-12(17(16)21(25)29)19(23)18(11)22/h3-6,11-12,16-19H,2,7-9H2,1H3,(H,24,26)/t11-,12-,16-,17-,18+,19+/m1/s1. The molecule has 7 nitrogen and oxygen atoms in total. The van der Waals surface area contributed by atoms with Crippen molar-refractivity contribution in [1.29, 1.82) is 0 Å². The van der Waals surface area contributed by atoms with Crippen LogP contribution in [0, 0.1) is 23.7 Å². The number of benzene rings is 1. The summed E-state index contributed by atoms with van der Waals surface area (Å²) >= 11 is 12.6. The first kappa shape index (κ1) is 21.1. The molecule has 1 N–H and O–H groups in total. The minimum absolute atomic E-state index is 0.147. The third-order valence-electron chi connectivity index (χ3n) is 6.40. The number of halogens is 2. The van der Waals surface area contributed by atoms with Crippen LogP contribution in [-0.4, -0.2) is 52.5 Å². The number of esters is 1. The summed E-state index contributed by atoms with van der Waals surface area (Å²) < 4.78 is 4.99. The maximum atomic E-state index is 12.7. The fraction of sp³-hybridized carbons (Fsp3) is 0.524. The first-order valence-corrected chi connectivity index (χ1v) is 10.9. The number of anilines is 1. The second-order valence-electron chi connectivity index (χ2n) is 7.99. The number of likely N-dealkylation sites (tertiary alicyclic amines) is 1. The Bertz CT molecular complexity index is 875. The highest BCUT2D eigenvalue weighted by Crippen LogP contribution is 2.59. The Morgan fingerprint density at radius 2 is 1.70 bits per heavy atom. The van der Waals surface area contributed by atoms with Crippen molar-refractivity contribution in [1.82, 2.24) is 4.90 Å². The zero-order valence-corrected chi connectivity index (χ0v) is 17.9. The third kappa shape index (κ3) is 3.48. The summed E-state index contributed by atoms with van der Waals surface area (Å²) in [5.41, 5.74) is 1.61. The molecule has 1 aromatic carbocycles. The van der Waals surface area contributed by atoms with Gasteiger partial charge in [0.05, 0.1) is 22.6 Å². The number of aryl methyl sites for hydroxylation is 1. The predicted molar refractivity (Wildman–Crippen MR) is 110 cm³/mol. The van der Waals surface area contributed by atoms with Crippen molar-refractivity contribution >= 4 is 52.6 Å². The number of alkyl halides is 2. The van der Waals surface area contributed by atoms with Crippen LogP contribution in [0.1, 0.15) is 18.9 Å². The first-order chi connectivity index (χ1) is 14.3. The molecule has 3 fully saturated rings. The van der Waals surface area contributed by atoms with E-state index in [1.54, 1.807) is 12.1 Å². The van der Waals surface area contributed by atoms with Crippen LogP contribution < -0.4 is 5.32 Å². The second kappa shape index (κ2) is 8.19. The Balaban J connectivity index is 1.32. The fourth-order valence-corrected chi connectivity index (χ4v) is 5.92. The molecule has 1 heterocycles. The predicted octanol–water partition coefficient (Wildman–Crippen LogP) is 2.20. The van der Waals surface area contributed by atoms with Crippen LogP contribution in [0.4, 0.5) is 5.69 Å². The lowest BCUT2D eigenvalue weighted by Gasteiger charge is -2.28. The van der Waals surface area contributed by atoms with Crippen molar-refractivity contribution < 1.29 is 23.9 Å². The summed E-state index contributed by atoms with van der Waals surface area (Å²) in [6.07, 6.45) is 1.40. The highest BCUT2D eigenvalue weighted by Gasteiger charge is 2.66. The number of rotatable bonds is 6. The topological polar surface area (TPSA) is 92.8 Å². The molecule has 3 amide bonds. The van der Waals surface area contributed by atoms with E-state index in [2.05, 4.69) is 5.32 Å². The summed E-state index contributed by atoms with van der Waals surface area (Å²) in [5, 5.41) is 2.00. The summed E-state index contributed by atoms with van der Waals surface area (Å²) in [5.74, 6) is -3.42. The average Bonchev–Trinajstić information content (AvgIpc) is 3.33. The molecule has 1 aliphatic heterocycles. The number of para-hydroxylation sites is 1. The van der Waals surface area contributed by atoms with E-state index >= 15 is 0 Å². The van der Waals surface area contributed by atoms with Gasteiger partial charge in [0.15, 0.2) is 6.61 Å². The lowest BCUT2D eigenvalue weighted by atomic mass is 9.80. The molecule has 0 aromatic heterocycles. The van der Waals surface area contributed by atoms with E-state index < -0.39 is 48.7 Å². The fourth-order valence-electron chi connectivity index (χ4n) is 5.02. The normalized spacial score (nSPS) is 31.8. The van der Waals surface area contributed by atoms with Crippen molar-refractivity contribution in [3.8, 4) is 0 Å². The van der Waals surface area contributed by atoms with Gasteiger partial charge in [-0.2, -0.15) is 0 Å². The van der Waals surface area contributed by atoms with Crippen molar-refractivity contribution in [3.63, 3.8) is 0 Å². The van der Waals surface area contributed by atoms with Crippen molar-refractivity contribution in [2.45, 2.75) is 30.5 Å². The monoisotopic (exact) mass is 452 g/mol. The van der Waals surface area contributed by atoms with E-state index in [1.165, 1.54) is 0 Å². The number of carbonyl (C=O) groups excluding carboxylic acids is 4. The number of amides is 3. The number of nitrogens with zero attached hydrogens (tertiary/aromatic N) is 1. The zero-order chi connectivity index (χ0) is 21.6. The van der Waals surface area contributed by atoms with Crippen LogP contribution in [0.3, 0.4) is 0 Å². The Labute approximate surface area is 184 Å². The highest BCUT2D eigenvalue weighted by atomic mass is 35.5. The van der Waals surface area contributed by atoms with Gasteiger partial charge in [-0.05, 0) is 36.3 Å². The van der Waals surface area contributed by atoms with Crippen LogP contribution in [0.5, 0.6) is 0 Å². The molecule has 2 saturated carbocycles. The number of hydrogen-bond acceptors (Lipinski definition) is 5. The lowest BCUT2D eigenvalue weighted by molar-refractivity contribution is -0.154. The molecule has 0 spiro atoms. The number of carbonyl (C=O) groups is 4. The molecule has 6 atom stereocenters. The van der Waals surface area contributed by atoms with Gasteiger partial charge >= 0.3 is 5.97 Å². The molecule has 0 radical (unpaired) electrons. The molecule has 0 unspecified atom stereocenters. The Morgan fingerprint density at radius 1 is 1.10 bits per heavy atom. The summed E-state index contributed by atoms with van der Waals surface area (Å²) in [4.78, 5) is 50.7. The maximum absolute atomic E-state index is 12.7. The molecule has 4 rings (SSSR count). The van der Waals surface area contributed by atoms with Gasteiger partial charge in [0.25, 0.3) is 5.91 Å². The van der Waals surface area contributed by atoms with Crippen LogP contribution >= 0.6 is 23.2 Å². The van der Waals surface area contributed by atoms with E-state index in [4.69, 9.17) is 27.9 Å². The maximum Gasteiger partial charge on any atom is 0.326 e. The minimum Gasteiger partial charge on any atom is -0.454 e. The molecule has 2 aliphatic carbocycles. The van der Waals surface area contributed by atoms with Crippen LogP contribution in [0.2, 0.25) is 0 Å². The summed E-state index contributed by atoms with van der Waals surface area (Å²) in [6.45, 7) is 0.955. The first-order valence-electron chi connectivity index (χ1n) is 10.00. The molecule has 1 saturated heterocycles. The van der Waals surface area contributed by atoms with Crippen molar-refractivity contribution in [2.75, 3.05) is 18.5 Å². The Hall–Kier alpha value is -2.12. The second-order valence-corrected chi connectivity index (χ2v) is 8.99. The van der Waals surface area contributed by atoms with Gasteiger partial charge in [0.1, 0.15) is 6.54 Å². The van der Waals surface area contributed by atoms with Crippen LogP contribution in [0.25, 0.3) is 0 Å². The quantitative estimate of drug-likeness (QED) is 0.405. The smallest absolute Gasteiger partial charge is 0.326 e. The van der Waals surface area contributed by atoms with Gasteiger partial charge in [-0.15, -0.1) is 23.2 Å². The third-order valence-corrected chi connectivity index (χ3v) is 7.72. The summed E-state index contributed by atoms with van der Waals surface area (Å²) in [7, 11) is 0. The van der Waals surface area contributed by atoms with Gasteiger partial charge in [0.2, 0.25) is 11.8 Å². The number of hydrogen-bond donors (Lipinski definition) is 1. The van der Waals surface area contributed by atoms with Gasteiger partial charge < -0.3 is 10.1 Å². The number of fused-ring (bicyclic) bond motifs is 5. The Kier molecular flexibility index (Phi) is 5.77. The van der Waals surface area contributed by atoms with E-state index in [9.17, 15) is 19.2 Å². The van der Waals surface area contributed by atoms with E-state index in [1.807, 2.05) is 19.1 Å². The van der Waals surface area contributed by atoms with Crippen molar-refractivity contribution in [2.24, 2.45) is 23.7 Å². The number of ether oxygens (including phenoxy) is 1. The van der Waals surface area contributed by atoms with Gasteiger partial charge in [-0.1, -0.05) is 25.1 Å². The average molecular weight is 453 g/mol. The lowest BCUT2D eigenvalue weighted by Crippen LogP contribution is -2.38. The molecule has 1 aromatic rings. The van der Waals surface area contributed by atoms with E-state index in [-0.39, 0.29) is 22.6 Å². The molecule has 160 valence electrons. The van der Waals surface area contributed by atoms with Crippen LogP contribution in [-0.2, 0) is 30.3 Å². The minimum atomic E-state index is -0.812. The largest absolute Gasteiger partial charge is 0.454 e.